The first-order valence-corrected chi connectivity index (χ1v) is 2.60. The fraction of sp³-hybridized carbons (Fsp3) is 0.400. The van der Waals surface area contributed by atoms with Crippen molar-refractivity contribution < 1.29 is 0 Å². The van der Waals surface area contributed by atoms with Gasteiger partial charge in [0, 0.05) is 7.05 Å². The van der Waals surface area contributed by atoms with E-state index >= 15 is 0 Å². The Balaban J connectivity index is 2.81. The fourth-order valence-electron chi connectivity index (χ4n) is 0.592. The molecule has 0 aromatic heterocycles. The standard InChI is InChI=1S/C5H8N4/c1-9-3-8-2-4(6)5(9)7/h2,6-7H,3H2,1H3. The number of nitrogens with one attached hydrogen (secondary N) is 2. The zero-order valence-electron chi connectivity index (χ0n) is 5.18. The SMILES string of the molecule is CN1CN=CC(=N)C1=N. The van der Waals surface area contributed by atoms with Gasteiger partial charge in [0.05, 0.1) is 6.21 Å². The first-order chi connectivity index (χ1) is 4.22. The zero-order valence-corrected chi connectivity index (χ0v) is 5.18. The van der Waals surface area contributed by atoms with E-state index in [9.17, 15) is 0 Å². The smallest absolute Gasteiger partial charge is 0.149 e. The lowest BCUT2D eigenvalue weighted by Crippen LogP contribution is -2.36. The van der Waals surface area contributed by atoms with E-state index in [2.05, 4.69) is 4.99 Å². The van der Waals surface area contributed by atoms with E-state index in [1.165, 1.54) is 6.21 Å². The lowest BCUT2D eigenvalue weighted by Gasteiger charge is -2.19. The van der Waals surface area contributed by atoms with Gasteiger partial charge < -0.3 is 4.90 Å². The zero-order chi connectivity index (χ0) is 6.85. The highest BCUT2D eigenvalue weighted by Gasteiger charge is 2.10. The molecule has 48 valence electrons. The highest BCUT2D eigenvalue weighted by Crippen LogP contribution is 1.91. The monoisotopic (exact) mass is 124 g/mol. The van der Waals surface area contributed by atoms with Crippen LogP contribution in [-0.4, -0.2) is 36.4 Å². The molecule has 1 heterocycles. The molecule has 0 radical (unpaired) electrons. The number of nitrogens with zero attached hydrogens (tertiary/aromatic N) is 2. The summed E-state index contributed by atoms with van der Waals surface area (Å²) in [5.74, 6) is 0.241. The molecular formula is C5H8N4. The van der Waals surface area contributed by atoms with Crippen molar-refractivity contribution in [2.24, 2.45) is 4.99 Å². The molecule has 4 nitrogen and oxygen atoms in total. The van der Waals surface area contributed by atoms with Crippen molar-refractivity contribution in [1.29, 1.82) is 10.8 Å². The number of hydrogen-bond acceptors (Lipinski definition) is 3. The first kappa shape index (κ1) is 5.94. The van der Waals surface area contributed by atoms with Crippen molar-refractivity contribution in [1.82, 2.24) is 4.90 Å². The lowest BCUT2D eigenvalue weighted by molar-refractivity contribution is 0.524. The third kappa shape index (κ3) is 0.960. The van der Waals surface area contributed by atoms with Crippen LogP contribution in [0.3, 0.4) is 0 Å². The summed E-state index contributed by atoms with van der Waals surface area (Å²) in [6.07, 6.45) is 1.41. The third-order valence-corrected chi connectivity index (χ3v) is 1.15. The molecule has 0 unspecified atom stereocenters. The van der Waals surface area contributed by atoms with E-state index < -0.39 is 0 Å². The topological polar surface area (TPSA) is 63.3 Å². The number of rotatable bonds is 0. The lowest BCUT2D eigenvalue weighted by atomic mass is 10.3. The Morgan fingerprint density at radius 3 is 2.78 bits per heavy atom. The Hall–Kier alpha value is -1.19. The Morgan fingerprint density at radius 1 is 1.67 bits per heavy atom. The molecule has 0 fully saturated rings. The Bertz CT molecular complexity index is 181. The second kappa shape index (κ2) is 1.97. The van der Waals surface area contributed by atoms with Gasteiger partial charge in [-0.3, -0.25) is 15.8 Å². The minimum Gasteiger partial charge on any atom is -0.339 e. The van der Waals surface area contributed by atoms with Gasteiger partial charge in [0.15, 0.2) is 0 Å². The van der Waals surface area contributed by atoms with Crippen molar-refractivity contribution in [3.8, 4) is 0 Å². The van der Waals surface area contributed by atoms with Crippen LogP contribution in [0.15, 0.2) is 4.99 Å². The van der Waals surface area contributed by atoms with Crippen LogP contribution in [0.25, 0.3) is 0 Å². The van der Waals surface area contributed by atoms with Crippen LogP contribution < -0.4 is 0 Å². The van der Waals surface area contributed by atoms with Crippen molar-refractivity contribution >= 4 is 17.8 Å². The van der Waals surface area contributed by atoms with Crippen LogP contribution in [0.5, 0.6) is 0 Å². The Kier molecular flexibility index (Phi) is 1.30. The highest BCUT2D eigenvalue weighted by atomic mass is 15.2. The summed E-state index contributed by atoms with van der Waals surface area (Å²) in [6, 6.07) is 0. The van der Waals surface area contributed by atoms with E-state index in [-0.39, 0.29) is 11.5 Å². The molecule has 0 aromatic carbocycles. The van der Waals surface area contributed by atoms with Gasteiger partial charge in [0.25, 0.3) is 0 Å². The van der Waals surface area contributed by atoms with Crippen LogP contribution in [0, 0.1) is 10.8 Å². The van der Waals surface area contributed by atoms with Gasteiger partial charge in [-0.1, -0.05) is 0 Å². The molecule has 2 N–H and O–H groups in total. The van der Waals surface area contributed by atoms with Gasteiger partial charge in [-0.25, -0.2) is 0 Å². The number of amidine groups is 1. The molecule has 0 bridgehead atoms. The third-order valence-electron chi connectivity index (χ3n) is 1.15. The quantitative estimate of drug-likeness (QED) is 0.467. The molecule has 0 aromatic rings. The Morgan fingerprint density at radius 2 is 2.33 bits per heavy atom. The van der Waals surface area contributed by atoms with Gasteiger partial charge in [0.1, 0.15) is 18.2 Å². The first-order valence-electron chi connectivity index (χ1n) is 2.60. The normalized spacial score (nSPS) is 19.0. The molecular weight excluding hydrogens is 116 g/mol. The van der Waals surface area contributed by atoms with E-state index in [1.54, 1.807) is 11.9 Å². The Labute approximate surface area is 53.2 Å². The van der Waals surface area contributed by atoms with Crippen LogP contribution in [0.1, 0.15) is 0 Å². The molecule has 1 aliphatic rings. The van der Waals surface area contributed by atoms with E-state index in [1.807, 2.05) is 0 Å². The average molecular weight is 124 g/mol. The summed E-state index contributed by atoms with van der Waals surface area (Å²) in [5, 5.41) is 14.3. The molecule has 1 rings (SSSR count). The minimum atomic E-state index is 0.184. The molecule has 4 heteroatoms. The molecule has 1 aliphatic heterocycles. The predicted octanol–water partition coefficient (Wildman–Crippen LogP) is -0.0429. The van der Waals surface area contributed by atoms with Crippen LogP contribution >= 0.6 is 0 Å². The van der Waals surface area contributed by atoms with Crippen LogP contribution in [0.4, 0.5) is 0 Å². The summed E-state index contributed by atoms with van der Waals surface area (Å²) in [6.45, 7) is 0.501. The van der Waals surface area contributed by atoms with Crippen molar-refractivity contribution in [2.45, 2.75) is 0 Å². The maximum absolute atomic E-state index is 7.21. The predicted molar refractivity (Wildman–Crippen MR) is 36.6 cm³/mol. The van der Waals surface area contributed by atoms with Gasteiger partial charge in [-0.05, 0) is 0 Å². The summed E-state index contributed by atoms with van der Waals surface area (Å²) < 4.78 is 0. The van der Waals surface area contributed by atoms with E-state index in [0.29, 0.717) is 6.67 Å². The second-order valence-electron chi connectivity index (χ2n) is 1.91. The van der Waals surface area contributed by atoms with Crippen molar-refractivity contribution in [3.63, 3.8) is 0 Å². The van der Waals surface area contributed by atoms with E-state index in [4.69, 9.17) is 10.8 Å². The summed E-state index contributed by atoms with van der Waals surface area (Å²) in [4.78, 5) is 5.44. The van der Waals surface area contributed by atoms with Gasteiger partial charge in [-0.2, -0.15) is 0 Å². The summed E-state index contributed by atoms with van der Waals surface area (Å²) in [5.41, 5.74) is 0.184. The maximum Gasteiger partial charge on any atom is 0.149 e. The van der Waals surface area contributed by atoms with Gasteiger partial charge in [0.2, 0.25) is 0 Å². The van der Waals surface area contributed by atoms with Crippen LogP contribution in [0.2, 0.25) is 0 Å². The van der Waals surface area contributed by atoms with E-state index in [0.717, 1.165) is 0 Å². The van der Waals surface area contributed by atoms with Crippen LogP contribution in [-0.2, 0) is 0 Å². The molecule has 9 heavy (non-hydrogen) atoms. The minimum absolute atomic E-state index is 0.184. The van der Waals surface area contributed by atoms with Gasteiger partial charge >= 0.3 is 0 Å². The molecule has 0 saturated heterocycles. The molecule has 0 saturated carbocycles. The van der Waals surface area contributed by atoms with Gasteiger partial charge in [-0.15, -0.1) is 0 Å². The molecule has 0 amide bonds. The van der Waals surface area contributed by atoms with Crippen molar-refractivity contribution in [2.75, 3.05) is 13.7 Å². The second-order valence-corrected chi connectivity index (χ2v) is 1.91. The fourth-order valence-corrected chi connectivity index (χ4v) is 0.592. The number of hydrogen-bond donors (Lipinski definition) is 2. The molecule has 0 aliphatic carbocycles. The highest BCUT2D eigenvalue weighted by molar-refractivity contribution is 6.60. The molecule has 0 atom stereocenters. The average Bonchev–Trinajstić information content (AvgIpc) is 1.83. The number of aliphatic imine (C=N–C) groups is 1. The van der Waals surface area contributed by atoms with Crippen molar-refractivity contribution in [3.05, 3.63) is 0 Å². The summed E-state index contributed by atoms with van der Waals surface area (Å²) in [7, 11) is 1.74. The summed E-state index contributed by atoms with van der Waals surface area (Å²) >= 11 is 0. The molecule has 0 spiro atoms. The largest absolute Gasteiger partial charge is 0.339 e. The maximum atomic E-state index is 7.21.